The molecule has 0 spiro atoms. The van der Waals surface area contributed by atoms with Gasteiger partial charge in [-0.05, 0) is 51.4 Å². The Morgan fingerprint density at radius 1 is 0.603 bits per heavy atom. The van der Waals surface area contributed by atoms with E-state index in [1.807, 2.05) is 21.1 Å². The quantitative estimate of drug-likeness (QED) is 0.0274. The normalized spacial score (nSPS) is 14.5. The van der Waals surface area contributed by atoms with Crippen LogP contribution in [0.4, 0.5) is 0 Å². The Hall–Kier alpha value is -1.28. The highest BCUT2D eigenvalue weighted by Crippen LogP contribution is 2.38. The third kappa shape index (κ3) is 42.8. The van der Waals surface area contributed by atoms with E-state index in [0.29, 0.717) is 23.9 Å². The molecule has 0 fully saturated rings. The molecule has 58 heavy (non-hydrogen) atoms. The molecule has 0 aromatic carbocycles. The zero-order chi connectivity index (χ0) is 42.8. The first-order valence-electron chi connectivity index (χ1n) is 24.3. The third-order valence-electron chi connectivity index (χ3n) is 10.9. The second kappa shape index (κ2) is 41.1. The van der Waals surface area contributed by atoms with Crippen molar-refractivity contribution in [2.45, 2.75) is 231 Å². The first-order valence-corrected chi connectivity index (χ1v) is 25.8. The number of likely N-dealkylation sites (N-methyl/N-ethyl adjacent to an activating group) is 1. The lowest BCUT2D eigenvalue weighted by Crippen LogP contribution is -2.46. The highest BCUT2D eigenvalue weighted by atomic mass is 31.2. The van der Waals surface area contributed by atoms with Crippen LogP contribution in [0.3, 0.4) is 0 Å². The van der Waals surface area contributed by atoms with Crippen molar-refractivity contribution in [2.24, 2.45) is 0 Å². The number of hydrogen-bond acceptors (Lipinski definition) is 6. The lowest BCUT2D eigenvalue weighted by Gasteiger charge is -2.30. The molecule has 3 unspecified atom stereocenters. The van der Waals surface area contributed by atoms with E-state index < -0.39 is 20.0 Å². The van der Waals surface area contributed by atoms with Gasteiger partial charge < -0.3 is 28.8 Å². The fraction of sp³-hybridized carbons (Fsp3) is 0.857. The molecule has 0 saturated carbocycles. The monoisotopic (exact) mass is 839 g/mol. The summed E-state index contributed by atoms with van der Waals surface area (Å²) in [5.41, 5.74) is 0. The lowest BCUT2D eigenvalue weighted by molar-refractivity contribution is -0.870. The van der Waals surface area contributed by atoms with Crippen molar-refractivity contribution in [3.63, 3.8) is 0 Å². The molecule has 0 radical (unpaired) electrons. The van der Waals surface area contributed by atoms with E-state index in [1.54, 1.807) is 0 Å². The summed E-state index contributed by atoms with van der Waals surface area (Å²) in [6.07, 6.45) is 50.0. The van der Waals surface area contributed by atoms with Crippen molar-refractivity contribution in [3.05, 3.63) is 36.5 Å². The predicted octanol–water partition coefficient (Wildman–Crippen LogP) is 13.2. The second-order valence-electron chi connectivity index (χ2n) is 17.8. The molecule has 2 N–H and O–H groups in total. The van der Waals surface area contributed by atoms with Crippen LogP contribution in [0.1, 0.15) is 219 Å². The summed E-state index contributed by atoms with van der Waals surface area (Å²) in [4.78, 5) is 25.4. The molecule has 1 amide bonds. The molecule has 0 aliphatic rings. The number of rotatable bonds is 44. The fourth-order valence-electron chi connectivity index (χ4n) is 6.99. The van der Waals surface area contributed by atoms with Gasteiger partial charge in [-0.1, -0.05) is 198 Å². The molecular formula is C49H95N2O6P. The van der Waals surface area contributed by atoms with Crippen molar-refractivity contribution < 1.29 is 32.9 Å². The second-order valence-corrected chi connectivity index (χ2v) is 19.2. The summed E-state index contributed by atoms with van der Waals surface area (Å²) in [6, 6.07) is -0.807. The van der Waals surface area contributed by atoms with Crippen LogP contribution in [0.2, 0.25) is 0 Å². The minimum Gasteiger partial charge on any atom is -0.756 e. The standard InChI is InChI=1S/C49H95N2O6P/c1-6-8-10-12-14-16-18-20-22-23-24-25-26-27-29-31-33-35-37-39-41-43-49(53)50-47(46-57-58(54,55)56-45-44-51(3,4)5)48(52)42-40-38-36-34-32-30-28-21-19-17-15-13-11-9-7-2/h18,20,23-24,26-27,47-48,52H,6-17,19,21-22,25,28-46H2,1-5H3,(H-,50,53,54,55)/b20-18-,24-23-,27-26-. The van der Waals surface area contributed by atoms with Gasteiger partial charge in [-0.3, -0.25) is 9.36 Å². The molecular weight excluding hydrogens is 744 g/mol. The van der Waals surface area contributed by atoms with E-state index >= 15 is 0 Å². The Morgan fingerprint density at radius 2 is 1.00 bits per heavy atom. The predicted molar refractivity (Wildman–Crippen MR) is 247 cm³/mol. The molecule has 0 saturated heterocycles. The number of quaternary nitrogens is 1. The van der Waals surface area contributed by atoms with Crippen LogP contribution in [0.5, 0.6) is 0 Å². The number of phosphoric acid groups is 1. The summed E-state index contributed by atoms with van der Waals surface area (Å²) in [7, 11) is 1.29. The Labute approximate surface area is 359 Å². The number of phosphoric ester groups is 1. The lowest BCUT2D eigenvalue weighted by atomic mass is 10.0. The number of nitrogens with zero attached hydrogens (tertiary/aromatic N) is 1. The van der Waals surface area contributed by atoms with E-state index in [9.17, 15) is 19.4 Å². The Morgan fingerprint density at radius 3 is 1.45 bits per heavy atom. The van der Waals surface area contributed by atoms with Crippen LogP contribution in [0.25, 0.3) is 0 Å². The summed E-state index contributed by atoms with van der Waals surface area (Å²) >= 11 is 0. The smallest absolute Gasteiger partial charge is 0.268 e. The number of aliphatic hydroxyl groups excluding tert-OH is 1. The van der Waals surface area contributed by atoms with E-state index in [4.69, 9.17) is 9.05 Å². The maximum absolute atomic E-state index is 12.9. The number of carbonyl (C=O) groups is 1. The van der Waals surface area contributed by atoms with Gasteiger partial charge in [0.15, 0.2) is 0 Å². The average Bonchev–Trinajstić information content (AvgIpc) is 3.17. The summed E-state index contributed by atoms with van der Waals surface area (Å²) < 4.78 is 23.3. The zero-order valence-corrected chi connectivity index (χ0v) is 39.6. The molecule has 0 aliphatic heterocycles. The van der Waals surface area contributed by atoms with Gasteiger partial charge in [0, 0.05) is 6.42 Å². The number of nitrogens with one attached hydrogen (secondary N) is 1. The van der Waals surface area contributed by atoms with Crippen LogP contribution < -0.4 is 10.2 Å². The molecule has 0 heterocycles. The van der Waals surface area contributed by atoms with Crippen LogP contribution in [0, 0.1) is 0 Å². The molecule has 3 atom stereocenters. The van der Waals surface area contributed by atoms with Crippen molar-refractivity contribution in [1.82, 2.24) is 5.32 Å². The highest BCUT2D eigenvalue weighted by Gasteiger charge is 2.24. The minimum absolute atomic E-state index is 0.00886. The Balaban J connectivity index is 4.33. The minimum atomic E-state index is -4.57. The van der Waals surface area contributed by atoms with Crippen LogP contribution in [-0.2, 0) is 18.4 Å². The van der Waals surface area contributed by atoms with Crippen molar-refractivity contribution in [3.8, 4) is 0 Å². The number of aliphatic hydroxyl groups is 1. The number of carbonyl (C=O) groups excluding carboxylic acids is 1. The van der Waals surface area contributed by atoms with Gasteiger partial charge in [-0.2, -0.15) is 0 Å². The average molecular weight is 839 g/mol. The first kappa shape index (κ1) is 56.7. The maximum atomic E-state index is 12.9. The van der Waals surface area contributed by atoms with Gasteiger partial charge in [0.25, 0.3) is 7.82 Å². The van der Waals surface area contributed by atoms with E-state index in [0.717, 1.165) is 64.2 Å². The summed E-state index contributed by atoms with van der Waals surface area (Å²) in [5.74, 6) is -0.177. The molecule has 0 aliphatic carbocycles. The molecule has 9 heteroatoms. The first-order chi connectivity index (χ1) is 28.0. The van der Waals surface area contributed by atoms with Gasteiger partial charge in [-0.15, -0.1) is 0 Å². The van der Waals surface area contributed by atoms with E-state index in [1.165, 1.54) is 128 Å². The zero-order valence-electron chi connectivity index (χ0n) is 38.8. The Kier molecular flexibility index (Phi) is 40.2. The van der Waals surface area contributed by atoms with Gasteiger partial charge >= 0.3 is 0 Å². The molecule has 0 aromatic rings. The fourth-order valence-corrected chi connectivity index (χ4v) is 7.71. The van der Waals surface area contributed by atoms with E-state index in [-0.39, 0.29) is 19.1 Å². The van der Waals surface area contributed by atoms with E-state index in [2.05, 4.69) is 55.6 Å². The van der Waals surface area contributed by atoms with Gasteiger partial charge in [-0.25, -0.2) is 0 Å². The van der Waals surface area contributed by atoms with Crippen LogP contribution in [0.15, 0.2) is 36.5 Å². The Bertz CT molecular complexity index is 1040. The number of unbranched alkanes of at least 4 members (excludes halogenated alkanes) is 25. The van der Waals surface area contributed by atoms with Crippen molar-refractivity contribution in [1.29, 1.82) is 0 Å². The topological polar surface area (TPSA) is 108 Å². The molecule has 8 nitrogen and oxygen atoms in total. The highest BCUT2D eigenvalue weighted by molar-refractivity contribution is 7.45. The molecule has 0 aromatic heterocycles. The van der Waals surface area contributed by atoms with Crippen molar-refractivity contribution >= 4 is 13.7 Å². The van der Waals surface area contributed by atoms with Gasteiger partial charge in [0.05, 0.1) is 39.9 Å². The van der Waals surface area contributed by atoms with Crippen LogP contribution in [-0.4, -0.2) is 68.5 Å². The van der Waals surface area contributed by atoms with Gasteiger partial charge in [0.2, 0.25) is 5.91 Å². The molecule has 342 valence electrons. The summed E-state index contributed by atoms with van der Waals surface area (Å²) in [5, 5.41) is 13.9. The largest absolute Gasteiger partial charge is 0.756 e. The van der Waals surface area contributed by atoms with Crippen molar-refractivity contribution in [2.75, 3.05) is 40.9 Å². The summed E-state index contributed by atoms with van der Waals surface area (Å²) in [6.45, 7) is 4.70. The third-order valence-corrected chi connectivity index (χ3v) is 11.8. The maximum Gasteiger partial charge on any atom is 0.268 e. The number of amides is 1. The van der Waals surface area contributed by atoms with Gasteiger partial charge in [0.1, 0.15) is 13.2 Å². The number of hydrogen-bond donors (Lipinski definition) is 2. The molecule has 0 rings (SSSR count). The number of allylic oxidation sites excluding steroid dienone is 6. The SMILES string of the molecule is CCCCCCC/C=C\C/C=C\C/C=C\CCCCCCCCC(=O)NC(COP(=O)([O-])OCC[N+](C)(C)C)C(O)CCCCCCCCCCCCCCCCC. The van der Waals surface area contributed by atoms with Crippen LogP contribution >= 0.6 is 7.82 Å². The molecule has 0 bridgehead atoms.